The van der Waals surface area contributed by atoms with Gasteiger partial charge in [0.1, 0.15) is 18.2 Å². The van der Waals surface area contributed by atoms with E-state index in [4.69, 9.17) is 14.7 Å². The monoisotopic (exact) mass is 322 g/mol. The number of ether oxygens (including phenoxy) is 2. The Morgan fingerprint density at radius 3 is 2.91 bits per heavy atom. The first-order chi connectivity index (χ1) is 11.1. The molecule has 2 aromatic rings. The van der Waals surface area contributed by atoms with Crippen LogP contribution < -0.4 is 14.8 Å². The minimum atomic E-state index is -2.58. The highest BCUT2D eigenvalue weighted by atomic mass is 19.3. The summed E-state index contributed by atoms with van der Waals surface area (Å²) in [6, 6.07) is 6.54. The molecular weight excluding hydrogens is 310 g/mol. The normalized spacial score (nSPS) is 11.2. The van der Waals surface area contributed by atoms with Crippen molar-refractivity contribution in [1.82, 2.24) is 20.6 Å². The molecule has 10 heteroatoms. The predicted molar refractivity (Wildman–Crippen MR) is 75.9 cm³/mol. The minimum absolute atomic E-state index is 0.142. The summed E-state index contributed by atoms with van der Waals surface area (Å²) in [7, 11) is 1.39. The van der Waals surface area contributed by atoms with Gasteiger partial charge in [0.05, 0.1) is 7.11 Å². The molecule has 1 heterocycles. The number of aromatic nitrogens is 4. The van der Waals surface area contributed by atoms with E-state index in [0.717, 1.165) is 0 Å². The Bertz CT molecular complexity index is 712. The number of aromatic amines is 1. The summed E-state index contributed by atoms with van der Waals surface area (Å²) < 4.78 is 34.4. The first-order valence-corrected chi connectivity index (χ1v) is 6.33. The smallest absolute Gasteiger partial charge is 0.272 e. The molecule has 0 amide bonds. The second kappa shape index (κ2) is 7.69. The van der Waals surface area contributed by atoms with Crippen LogP contribution in [0.4, 0.5) is 14.5 Å². The zero-order chi connectivity index (χ0) is 16.7. The van der Waals surface area contributed by atoms with Gasteiger partial charge in [0.15, 0.2) is 11.5 Å². The van der Waals surface area contributed by atoms with Crippen LogP contribution in [0.5, 0.6) is 11.5 Å². The number of nitrogens with zero attached hydrogens (tertiary/aromatic N) is 4. The molecule has 0 atom stereocenters. The van der Waals surface area contributed by atoms with E-state index in [9.17, 15) is 8.78 Å². The van der Waals surface area contributed by atoms with Gasteiger partial charge in [-0.3, -0.25) is 0 Å². The lowest BCUT2D eigenvalue weighted by molar-refractivity contribution is 0.0804. The summed E-state index contributed by atoms with van der Waals surface area (Å²) in [5.41, 5.74) is 0.721. The molecule has 120 valence electrons. The van der Waals surface area contributed by atoms with Gasteiger partial charge < -0.3 is 14.8 Å². The van der Waals surface area contributed by atoms with Crippen LogP contribution in [0.1, 0.15) is 5.82 Å². The Kier molecular flexibility index (Phi) is 5.40. The SMILES string of the molecule is COc1cc(NC=C(C#N)c2nn[nH]n2)ccc1OCC(F)F. The van der Waals surface area contributed by atoms with Crippen LogP contribution in [0.3, 0.4) is 0 Å². The van der Waals surface area contributed by atoms with E-state index in [1.165, 1.54) is 19.4 Å². The number of halogens is 2. The minimum Gasteiger partial charge on any atom is -0.493 e. The van der Waals surface area contributed by atoms with Crippen LogP contribution in [-0.2, 0) is 0 Å². The molecule has 0 radical (unpaired) electrons. The van der Waals surface area contributed by atoms with Gasteiger partial charge in [-0.25, -0.2) is 8.78 Å². The number of hydrogen-bond acceptors (Lipinski definition) is 7. The molecule has 0 aliphatic rings. The van der Waals surface area contributed by atoms with Crippen molar-refractivity contribution >= 4 is 11.3 Å². The Labute approximate surface area is 129 Å². The molecule has 1 aromatic heterocycles. The maximum atomic E-state index is 12.2. The number of nitrogens with one attached hydrogen (secondary N) is 2. The summed E-state index contributed by atoms with van der Waals surface area (Å²) in [4.78, 5) is 0. The molecular formula is C13H12F2N6O2. The zero-order valence-electron chi connectivity index (χ0n) is 12.0. The molecule has 1 aromatic carbocycles. The van der Waals surface area contributed by atoms with E-state index in [2.05, 4.69) is 25.9 Å². The van der Waals surface area contributed by atoms with Crippen LogP contribution in [-0.4, -0.2) is 40.8 Å². The van der Waals surface area contributed by atoms with E-state index in [0.29, 0.717) is 5.69 Å². The van der Waals surface area contributed by atoms with Gasteiger partial charge in [0, 0.05) is 18.0 Å². The molecule has 0 saturated heterocycles. The molecule has 0 spiro atoms. The first-order valence-electron chi connectivity index (χ1n) is 6.33. The van der Waals surface area contributed by atoms with E-state index in [1.54, 1.807) is 12.1 Å². The van der Waals surface area contributed by atoms with Crippen LogP contribution in [0.25, 0.3) is 5.57 Å². The number of allylic oxidation sites excluding steroid dienone is 1. The molecule has 2 rings (SSSR count). The summed E-state index contributed by atoms with van der Waals surface area (Å²) in [5, 5.41) is 24.9. The van der Waals surface area contributed by atoms with Gasteiger partial charge in [-0.1, -0.05) is 0 Å². The quantitative estimate of drug-likeness (QED) is 0.748. The first kappa shape index (κ1) is 16.2. The number of benzene rings is 1. The number of anilines is 1. The molecule has 0 aliphatic heterocycles. The summed E-state index contributed by atoms with van der Waals surface area (Å²) in [6.45, 7) is -0.723. The Morgan fingerprint density at radius 1 is 1.48 bits per heavy atom. The zero-order valence-corrected chi connectivity index (χ0v) is 12.0. The number of alkyl halides is 2. The lowest BCUT2D eigenvalue weighted by atomic mass is 10.2. The second-order valence-electron chi connectivity index (χ2n) is 4.12. The topological polar surface area (TPSA) is 109 Å². The van der Waals surface area contributed by atoms with Gasteiger partial charge in [0.25, 0.3) is 6.43 Å². The standard InChI is InChI=1S/C13H12F2N6O2/c1-22-11-4-9(2-3-10(11)23-7-12(14)15)17-6-8(5-16)13-18-20-21-19-13/h2-4,6,12,17H,7H2,1H3,(H,18,19,20,21). The summed E-state index contributed by atoms with van der Waals surface area (Å²) >= 11 is 0. The number of methoxy groups -OCH3 is 1. The number of nitriles is 1. The van der Waals surface area contributed by atoms with Gasteiger partial charge in [0.2, 0.25) is 5.82 Å². The van der Waals surface area contributed by atoms with Crippen molar-refractivity contribution < 1.29 is 18.3 Å². The average Bonchev–Trinajstić information content (AvgIpc) is 3.08. The van der Waals surface area contributed by atoms with Gasteiger partial charge in [-0.05, 0) is 17.3 Å². The molecule has 0 aliphatic carbocycles. The lowest BCUT2D eigenvalue weighted by Gasteiger charge is -2.12. The highest BCUT2D eigenvalue weighted by molar-refractivity contribution is 5.74. The molecule has 0 unspecified atom stereocenters. The fourth-order valence-corrected chi connectivity index (χ4v) is 1.61. The number of rotatable bonds is 7. The maximum absolute atomic E-state index is 12.2. The van der Waals surface area contributed by atoms with Crippen molar-refractivity contribution in [2.24, 2.45) is 0 Å². The number of tetrazole rings is 1. The predicted octanol–water partition coefficient (Wildman–Crippen LogP) is 1.83. The van der Waals surface area contributed by atoms with Crippen molar-refractivity contribution in [3.8, 4) is 17.6 Å². The third-order valence-corrected chi connectivity index (χ3v) is 2.62. The Balaban J connectivity index is 2.13. The van der Waals surface area contributed by atoms with Crippen LogP contribution in [0.2, 0.25) is 0 Å². The highest BCUT2D eigenvalue weighted by Gasteiger charge is 2.10. The van der Waals surface area contributed by atoms with Gasteiger partial charge in [-0.2, -0.15) is 10.5 Å². The van der Waals surface area contributed by atoms with Crippen LogP contribution in [0, 0.1) is 11.3 Å². The Hall–Kier alpha value is -3.22. The third kappa shape index (κ3) is 4.37. The molecule has 2 N–H and O–H groups in total. The van der Waals surface area contributed by atoms with E-state index < -0.39 is 13.0 Å². The van der Waals surface area contributed by atoms with E-state index in [1.807, 2.05) is 6.07 Å². The Morgan fingerprint density at radius 2 is 2.30 bits per heavy atom. The molecule has 8 nitrogen and oxygen atoms in total. The van der Waals surface area contributed by atoms with Crippen molar-refractivity contribution in [2.45, 2.75) is 6.43 Å². The van der Waals surface area contributed by atoms with Crippen molar-refractivity contribution in [3.63, 3.8) is 0 Å². The molecule has 0 fully saturated rings. The third-order valence-electron chi connectivity index (χ3n) is 2.62. The lowest BCUT2D eigenvalue weighted by Crippen LogP contribution is -2.07. The fraction of sp³-hybridized carbons (Fsp3) is 0.231. The molecule has 23 heavy (non-hydrogen) atoms. The summed E-state index contributed by atoms with van der Waals surface area (Å²) in [5.74, 6) is 0.618. The largest absolute Gasteiger partial charge is 0.493 e. The molecule has 0 saturated carbocycles. The average molecular weight is 322 g/mol. The van der Waals surface area contributed by atoms with Crippen molar-refractivity contribution in [3.05, 3.63) is 30.2 Å². The van der Waals surface area contributed by atoms with Crippen molar-refractivity contribution in [1.29, 1.82) is 5.26 Å². The fourth-order valence-electron chi connectivity index (χ4n) is 1.61. The second-order valence-corrected chi connectivity index (χ2v) is 4.12. The van der Waals surface area contributed by atoms with Gasteiger partial charge in [-0.15, -0.1) is 10.2 Å². The van der Waals surface area contributed by atoms with E-state index in [-0.39, 0.29) is 22.9 Å². The van der Waals surface area contributed by atoms with Gasteiger partial charge >= 0.3 is 0 Å². The molecule has 0 bridgehead atoms. The van der Waals surface area contributed by atoms with Crippen molar-refractivity contribution in [2.75, 3.05) is 19.0 Å². The number of H-pyrrole nitrogens is 1. The highest BCUT2D eigenvalue weighted by Crippen LogP contribution is 2.30. The van der Waals surface area contributed by atoms with Crippen LogP contribution >= 0.6 is 0 Å². The van der Waals surface area contributed by atoms with E-state index >= 15 is 0 Å². The summed E-state index contributed by atoms with van der Waals surface area (Å²) in [6.07, 6.45) is -1.19. The van der Waals surface area contributed by atoms with Crippen LogP contribution in [0.15, 0.2) is 24.4 Å². The maximum Gasteiger partial charge on any atom is 0.272 e. The number of hydrogen-bond donors (Lipinski definition) is 2.